The van der Waals surface area contributed by atoms with E-state index < -0.39 is 0 Å². The maximum Gasteiger partial charge on any atom is 0.259 e. The summed E-state index contributed by atoms with van der Waals surface area (Å²) < 4.78 is 5.56. The standard InChI is InChI=1S/C22H20N2O3/c25-20(23-12-13-27-15-16-6-2-1-3-7-16)14-24-19-11-5-9-17-8-4-10-18(21(17)19)22(24)26/h1-11H,12-15H2,(H,23,25). The average Bonchev–Trinajstić information content (AvgIpc) is 2.97. The fourth-order valence-corrected chi connectivity index (χ4v) is 3.36. The van der Waals surface area contributed by atoms with Gasteiger partial charge in [0.05, 0.1) is 18.9 Å². The first kappa shape index (κ1) is 17.2. The second-order valence-electron chi connectivity index (χ2n) is 6.46. The Kier molecular flexibility index (Phi) is 4.85. The minimum atomic E-state index is -0.198. The van der Waals surface area contributed by atoms with Gasteiger partial charge in [0.2, 0.25) is 5.91 Å². The number of benzene rings is 3. The molecular formula is C22H20N2O3. The highest BCUT2D eigenvalue weighted by molar-refractivity contribution is 6.26. The number of carbonyl (C=O) groups is 2. The van der Waals surface area contributed by atoms with E-state index in [4.69, 9.17) is 4.74 Å². The predicted molar refractivity (Wildman–Crippen MR) is 105 cm³/mol. The summed E-state index contributed by atoms with van der Waals surface area (Å²) in [5.41, 5.74) is 2.54. The third kappa shape index (κ3) is 3.55. The number of nitrogens with zero attached hydrogens (tertiary/aromatic N) is 1. The SMILES string of the molecule is O=C(CN1C(=O)c2cccc3cccc1c23)NCCOCc1ccccc1. The van der Waals surface area contributed by atoms with Gasteiger partial charge in [-0.05, 0) is 23.1 Å². The second kappa shape index (κ2) is 7.60. The smallest absolute Gasteiger partial charge is 0.259 e. The van der Waals surface area contributed by atoms with E-state index in [-0.39, 0.29) is 18.4 Å². The Morgan fingerprint density at radius 1 is 0.963 bits per heavy atom. The zero-order chi connectivity index (χ0) is 18.6. The molecule has 2 amide bonds. The zero-order valence-electron chi connectivity index (χ0n) is 14.9. The van der Waals surface area contributed by atoms with Crippen molar-refractivity contribution in [2.45, 2.75) is 6.61 Å². The van der Waals surface area contributed by atoms with E-state index in [0.717, 1.165) is 22.0 Å². The van der Waals surface area contributed by atoms with E-state index in [9.17, 15) is 9.59 Å². The van der Waals surface area contributed by atoms with Gasteiger partial charge in [0.15, 0.2) is 0 Å². The van der Waals surface area contributed by atoms with Crippen molar-refractivity contribution in [2.75, 3.05) is 24.6 Å². The van der Waals surface area contributed by atoms with E-state index in [1.807, 2.05) is 66.7 Å². The van der Waals surface area contributed by atoms with Crippen LogP contribution in [0.3, 0.4) is 0 Å². The Bertz CT molecular complexity index is 980. The number of hydrogen-bond acceptors (Lipinski definition) is 3. The van der Waals surface area contributed by atoms with Gasteiger partial charge in [0.1, 0.15) is 6.54 Å². The summed E-state index contributed by atoms with van der Waals surface area (Å²) in [6.07, 6.45) is 0. The fourth-order valence-electron chi connectivity index (χ4n) is 3.36. The Hall–Kier alpha value is -3.18. The number of carbonyl (C=O) groups excluding carboxylic acids is 2. The number of hydrogen-bond donors (Lipinski definition) is 1. The maximum absolute atomic E-state index is 12.7. The van der Waals surface area contributed by atoms with E-state index in [2.05, 4.69) is 5.32 Å². The number of amides is 2. The molecule has 3 aromatic rings. The first-order chi connectivity index (χ1) is 13.2. The van der Waals surface area contributed by atoms with E-state index >= 15 is 0 Å². The quantitative estimate of drug-likeness (QED) is 0.659. The predicted octanol–water partition coefficient (Wildman–Crippen LogP) is 3.13. The van der Waals surface area contributed by atoms with Crippen LogP contribution in [0.5, 0.6) is 0 Å². The second-order valence-corrected chi connectivity index (χ2v) is 6.46. The summed E-state index contributed by atoms with van der Waals surface area (Å²) in [5.74, 6) is -0.325. The third-order valence-corrected chi connectivity index (χ3v) is 4.63. The lowest BCUT2D eigenvalue weighted by molar-refractivity contribution is -0.120. The molecule has 0 fully saturated rings. The van der Waals surface area contributed by atoms with Crippen LogP contribution in [0, 0.1) is 0 Å². The van der Waals surface area contributed by atoms with Gasteiger partial charge in [-0.25, -0.2) is 0 Å². The van der Waals surface area contributed by atoms with Crippen molar-refractivity contribution < 1.29 is 14.3 Å². The molecule has 0 aliphatic carbocycles. The summed E-state index contributed by atoms with van der Waals surface area (Å²) in [5, 5.41) is 4.75. The molecule has 1 aliphatic heterocycles. The molecule has 1 aliphatic rings. The van der Waals surface area contributed by atoms with Crippen molar-refractivity contribution in [3.05, 3.63) is 77.9 Å². The molecular weight excluding hydrogens is 340 g/mol. The van der Waals surface area contributed by atoms with Crippen molar-refractivity contribution in [3.63, 3.8) is 0 Å². The topological polar surface area (TPSA) is 58.6 Å². The molecule has 5 heteroatoms. The highest BCUT2D eigenvalue weighted by Crippen LogP contribution is 2.36. The van der Waals surface area contributed by atoms with Crippen LogP contribution in [-0.2, 0) is 16.1 Å². The number of rotatable bonds is 7. The average molecular weight is 360 g/mol. The van der Waals surface area contributed by atoms with Crippen LogP contribution < -0.4 is 10.2 Å². The number of anilines is 1. The molecule has 0 saturated carbocycles. The number of nitrogens with one attached hydrogen (secondary N) is 1. The van der Waals surface area contributed by atoms with Gasteiger partial charge >= 0.3 is 0 Å². The summed E-state index contributed by atoms with van der Waals surface area (Å²) in [7, 11) is 0. The molecule has 1 heterocycles. The highest BCUT2D eigenvalue weighted by Gasteiger charge is 2.30. The molecule has 136 valence electrons. The van der Waals surface area contributed by atoms with Crippen LogP contribution in [0.15, 0.2) is 66.7 Å². The monoisotopic (exact) mass is 360 g/mol. The van der Waals surface area contributed by atoms with Gasteiger partial charge in [0, 0.05) is 17.5 Å². The summed E-state index contributed by atoms with van der Waals surface area (Å²) >= 11 is 0. The van der Waals surface area contributed by atoms with Crippen LogP contribution in [0.1, 0.15) is 15.9 Å². The molecule has 0 saturated heterocycles. The summed E-state index contributed by atoms with van der Waals surface area (Å²) in [4.78, 5) is 26.5. The number of ether oxygens (including phenoxy) is 1. The third-order valence-electron chi connectivity index (χ3n) is 4.63. The lowest BCUT2D eigenvalue weighted by Crippen LogP contribution is -2.40. The molecule has 0 radical (unpaired) electrons. The lowest BCUT2D eigenvalue weighted by Gasteiger charge is -2.17. The molecule has 0 unspecified atom stereocenters. The Morgan fingerprint density at radius 3 is 2.56 bits per heavy atom. The molecule has 0 aromatic heterocycles. The molecule has 4 rings (SSSR count). The van der Waals surface area contributed by atoms with Crippen LogP contribution in [0.25, 0.3) is 10.8 Å². The highest BCUT2D eigenvalue weighted by atomic mass is 16.5. The fraction of sp³-hybridized carbons (Fsp3) is 0.182. The molecule has 1 N–H and O–H groups in total. The van der Waals surface area contributed by atoms with E-state index in [1.54, 1.807) is 0 Å². The maximum atomic E-state index is 12.7. The van der Waals surface area contributed by atoms with Gasteiger partial charge in [-0.2, -0.15) is 0 Å². The zero-order valence-corrected chi connectivity index (χ0v) is 14.9. The van der Waals surface area contributed by atoms with Crippen LogP contribution in [0.4, 0.5) is 5.69 Å². The van der Waals surface area contributed by atoms with Gasteiger partial charge < -0.3 is 10.1 Å². The molecule has 0 bridgehead atoms. The molecule has 0 atom stereocenters. The Labute approximate surface area is 157 Å². The largest absolute Gasteiger partial charge is 0.375 e. The molecule has 3 aromatic carbocycles. The molecule has 27 heavy (non-hydrogen) atoms. The van der Waals surface area contributed by atoms with Gasteiger partial charge in [-0.1, -0.05) is 54.6 Å². The van der Waals surface area contributed by atoms with Crippen molar-refractivity contribution in [1.82, 2.24) is 5.32 Å². The van der Waals surface area contributed by atoms with Crippen molar-refractivity contribution in [1.29, 1.82) is 0 Å². The molecule has 5 nitrogen and oxygen atoms in total. The summed E-state index contributed by atoms with van der Waals surface area (Å²) in [6.45, 7) is 1.35. The van der Waals surface area contributed by atoms with E-state index in [1.165, 1.54) is 4.90 Å². The van der Waals surface area contributed by atoms with Crippen molar-refractivity contribution >= 4 is 28.3 Å². The van der Waals surface area contributed by atoms with Gasteiger partial charge in [0.25, 0.3) is 5.91 Å². The Balaban J connectivity index is 1.30. The minimum Gasteiger partial charge on any atom is -0.375 e. The van der Waals surface area contributed by atoms with Gasteiger partial charge in [-0.3, -0.25) is 14.5 Å². The summed E-state index contributed by atoms with van der Waals surface area (Å²) in [6, 6.07) is 21.3. The van der Waals surface area contributed by atoms with E-state index in [0.29, 0.717) is 25.3 Å². The van der Waals surface area contributed by atoms with Crippen molar-refractivity contribution in [2.24, 2.45) is 0 Å². The normalized spacial score (nSPS) is 12.6. The minimum absolute atomic E-state index is 0.00527. The lowest BCUT2D eigenvalue weighted by atomic mass is 10.1. The molecule has 0 spiro atoms. The van der Waals surface area contributed by atoms with Crippen molar-refractivity contribution in [3.8, 4) is 0 Å². The van der Waals surface area contributed by atoms with Crippen LogP contribution in [-0.4, -0.2) is 31.5 Å². The first-order valence-electron chi connectivity index (χ1n) is 8.96. The van der Waals surface area contributed by atoms with Crippen LogP contribution >= 0.6 is 0 Å². The first-order valence-corrected chi connectivity index (χ1v) is 8.96. The van der Waals surface area contributed by atoms with Gasteiger partial charge in [-0.15, -0.1) is 0 Å². The van der Waals surface area contributed by atoms with Crippen LogP contribution in [0.2, 0.25) is 0 Å². The Morgan fingerprint density at radius 2 is 1.74 bits per heavy atom.